The van der Waals surface area contributed by atoms with Crippen LogP contribution in [0.3, 0.4) is 0 Å². The van der Waals surface area contributed by atoms with Crippen LogP contribution in [-0.2, 0) is 16.0 Å². The molecule has 0 bridgehead atoms. The number of likely N-dealkylation sites (tertiary alicyclic amines) is 1. The van der Waals surface area contributed by atoms with Gasteiger partial charge in [0.15, 0.2) is 0 Å². The Hall–Kier alpha value is -2.14. The molecule has 1 aromatic carbocycles. The first-order valence-electron chi connectivity index (χ1n) is 9.21. The normalized spacial score (nSPS) is 20.0. The molecule has 1 saturated heterocycles. The summed E-state index contributed by atoms with van der Waals surface area (Å²) in [6.07, 6.45) is 2.81. The summed E-state index contributed by atoms with van der Waals surface area (Å²) in [7, 11) is 1.69. The molecule has 2 amide bonds. The average molecular weight is 371 g/mol. The van der Waals surface area contributed by atoms with E-state index in [-0.39, 0.29) is 11.8 Å². The fraction of sp³-hybridized carbons (Fsp3) is 0.429. The number of carbonyl (C=O) groups excluding carboxylic acids is 2. The first-order valence-corrected chi connectivity index (χ1v) is 10.1. The Kier molecular flexibility index (Phi) is 5.77. The van der Waals surface area contributed by atoms with E-state index in [1.54, 1.807) is 18.4 Å². The van der Waals surface area contributed by atoms with Gasteiger partial charge in [-0.1, -0.05) is 37.3 Å². The van der Waals surface area contributed by atoms with Crippen molar-refractivity contribution in [1.82, 2.24) is 10.2 Å². The molecule has 2 heterocycles. The van der Waals surface area contributed by atoms with E-state index in [1.165, 1.54) is 10.4 Å². The van der Waals surface area contributed by atoms with E-state index in [4.69, 9.17) is 0 Å². The van der Waals surface area contributed by atoms with Crippen LogP contribution in [0.15, 0.2) is 41.8 Å². The van der Waals surface area contributed by atoms with E-state index in [0.29, 0.717) is 19.4 Å². The van der Waals surface area contributed by atoms with Gasteiger partial charge >= 0.3 is 0 Å². The molecule has 1 fully saturated rings. The molecule has 1 aliphatic rings. The van der Waals surface area contributed by atoms with Crippen molar-refractivity contribution in [2.75, 3.05) is 20.1 Å². The van der Waals surface area contributed by atoms with Crippen LogP contribution in [0.1, 0.15) is 31.7 Å². The standard InChI is InChI=1S/C21H26N2O2S/c1-3-19(24)23-11-6-10-21(15-23,20(25)22-2)14-16-7-4-8-17(13-16)18-9-5-12-26-18/h4-5,7-9,12-13H,3,6,10-11,14-15H2,1-2H3,(H,22,25)/t21-/m1/s1. The highest BCUT2D eigenvalue weighted by atomic mass is 32.1. The predicted molar refractivity (Wildman–Crippen MR) is 106 cm³/mol. The smallest absolute Gasteiger partial charge is 0.228 e. The molecule has 138 valence electrons. The van der Waals surface area contributed by atoms with Gasteiger partial charge in [-0.05, 0) is 41.8 Å². The van der Waals surface area contributed by atoms with Crippen LogP contribution in [0.2, 0.25) is 0 Å². The Morgan fingerprint density at radius 2 is 2.12 bits per heavy atom. The van der Waals surface area contributed by atoms with Gasteiger partial charge in [-0.15, -0.1) is 11.3 Å². The SMILES string of the molecule is CCC(=O)N1CCC[C@](Cc2cccc(-c3cccs3)c2)(C(=O)NC)C1. The molecular weight excluding hydrogens is 344 g/mol. The van der Waals surface area contributed by atoms with E-state index in [1.807, 2.05) is 17.9 Å². The van der Waals surface area contributed by atoms with E-state index in [0.717, 1.165) is 24.9 Å². The van der Waals surface area contributed by atoms with Crippen LogP contribution in [0.25, 0.3) is 10.4 Å². The number of carbonyl (C=O) groups is 2. The maximum atomic E-state index is 12.8. The van der Waals surface area contributed by atoms with Crippen LogP contribution in [0.4, 0.5) is 0 Å². The minimum Gasteiger partial charge on any atom is -0.359 e. The molecule has 0 saturated carbocycles. The highest BCUT2D eigenvalue weighted by Gasteiger charge is 2.42. The first-order chi connectivity index (χ1) is 12.6. The van der Waals surface area contributed by atoms with Gasteiger partial charge in [0.2, 0.25) is 11.8 Å². The van der Waals surface area contributed by atoms with E-state index in [9.17, 15) is 9.59 Å². The lowest BCUT2D eigenvalue weighted by Crippen LogP contribution is -2.53. The number of thiophene rings is 1. The maximum absolute atomic E-state index is 12.8. The first kappa shape index (κ1) is 18.6. The number of hydrogen-bond donors (Lipinski definition) is 1. The second-order valence-electron chi connectivity index (χ2n) is 6.99. The molecule has 1 N–H and O–H groups in total. The summed E-state index contributed by atoms with van der Waals surface area (Å²) in [6, 6.07) is 12.6. The largest absolute Gasteiger partial charge is 0.359 e. The summed E-state index contributed by atoms with van der Waals surface area (Å²) in [6.45, 7) is 3.13. The molecule has 3 rings (SSSR count). The summed E-state index contributed by atoms with van der Waals surface area (Å²) in [5, 5.41) is 4.91. The number of nitrogens with one attached hydrogen (secondary N) is 1. The highest BCUT2D eigenvalue weighted by molar-refractivity contribution is 7.13. The second kappa shape index (κ2) is 8.04. The van der Waals surface area contributed by atoms with Gasteiger partial charge < -0.3 is 10.2 Å². The number of nitrogens with zero attached hydrogens (tertiary/aromatic N) is 1. The van der Waals surface area contributed by atoms with Crippen molar-refractivity contribution in [2.45, 2.75) is 32.6 Å². The molecule has 4 nitrogen and oxygen atoms in total. The zero-order valence-electron chi connectivity index (χ0n) is 15.5. The van der Waals surface area contributed by atoms with E-state index >= 15 is 0 Å². The van der Waals surface area contributed by atoms with E-state index in [2.05, 4.69) is 41.0 Å². The second-order valence-corrected chi connectivity index (χ2v) is 7.93. The molecule has 0 radical (unpaired) electrons. The minimum absolute atomic E-state index is 0.0348. The van der Waals surface area contributed by atoms with E-state index < -0.39 is 5.41 Å². The van der Waals surface area contributed by atoms with Crippen LogP contribution in [0.5, 0.6) is 0 Å². The van der Waals surface area contributed by atoms with Crippen molar-refractivity contribution in [3.63, 3.8) is 0 Å². The van der Waals surface area contributed by atoms with Crippen molar-refractivity contribution >= 4 is 23.2 Å². The van der Waals surface area contributed by atoms with Crippen LogP contribution >= 0.6 is 11.3 Å². The lowest BCUT2D eigenvalue weighted by atomic mass is 9.74. The number of amides is 2. The van der Waals surface area contributed by atoms with Crippen molar-refractivity contribution < 1.29 is 9.59 Å². The third-order valence-electron chi connectivity index (χ3n) is 5.22. The Balaban J connectivity index is 1.88. The van der Waals surface area contributed by atoms with Crippen LogP contribution < -0.4 is 5.32 Å². The Morgan fingerprint density at radius 1 is 1.27 bits per heavy atom. The van der Waals surface area contributed by atoms with Gasteiger partial charge in [0.25, 0.3) is 0 Å². The maximum Gasteiger partial charge on any atom is 0.228 e. The predicted octanol–water partition coefficient (Wildman–Crippen LogP) is 3.72. The highest BCUT2D eigenvalue weighted by Crippen LogP contribution is 2.35. The summed E-state index contributed by atoms with van der Waals surface area (Å²) in [5.41, 5.74) is 1.78. The van der Waals surface area contributed by atoms with Gasteiger partial charge in [0, 0.05) is 31.4 Å². The molecule has 5 heteroatoms. The minimum atomic E-state index is -0.550. The number of piperidine rings is 1. The molecule has 1 aliphatic heterocycles. The van der Waals surface area contributed by atoms with Crippen molar-refractivity contribution in [3.05, 3.63) is 47.3 Å². The monoisotopic (exact) mass is 370 g/mol. The van der Waals surface area contributed by atoms with Gasteiger partial charge in [-0.25, -0.2) is 0 Å². The third kappa shape index (κ3) is 3.83. The number of benzene rings is 1. The summed E-state index contributed by atoms with van der Waals surface area (Å²) >= 11 is 1.72. The van der Waals surface area contributed by atoms with Crippen molar-refractivity contribution in [3.8, 4) is 10.4 Å². The molecule has 1 aromatic heterocycles. The molecule has 1 atom stereocenters. The zero-order chi connectivity index (χ0) is 18.6. The lowest BCUT2D eigenvalue weighted by Gasteiger charge is -2.41. The summed E-state index contributed by atoms with van der Waals surface area (Å²) in [5.74, 6) is 0.165. The number of hydrogen-bond acceptors (Lipinski definition) is 3. The summed E-state index contributed by atoms with van der Waals surface area (Å²) in [4.78, 5) is 28.1. The van der Waals surface area contributed by atoms with Crippen molar-refractivity contribution in [1.29, 1.82) is 0 Å². The van der Waals surface area contributed by atoms with Crippen LogP contribution in [0, 0.1) is 5.41 Å². The molecule has 0 unspecified atom stereocenters. The Bertz CT molecular complexity index is 772. The fourth-order valence-corrected chi connectivity index (χ4v) is 4.64. The third-order valence-corrected chi connectivity index (χ3v) is 6.13. The quantitative estimate of drug-likeness (QED) is 0.872. The lowest BCUT2D eigenvalue weighted by molar-refractivity contribution is -0.141. The molecule has 0 aliphatic carbocycles. The Labute approximate surface area is 159 Å². The van der Waals surface area contributed by atoms with Crippen molar-refractivity contribution in [2.24, 2.45) is 5.41 Å². The number of rotatable bonds is 5. The van der Waals surface area contributed by atoms with Gasteiger partial charge in [-0.3, -0.25) is 9.59 Å². The summed E-state index contributed by atoms with van der Waals surface area (Å²) < 4.78 is 0. The van der Waals surface area contributed by atoms with Gasteiger partial charge in [0.1, 0.15) is 0 Å². The fourth-order valence-electron chi connectivity index (χ4n) is 3.91. The molecule has 2 aromatic rings. The molecular formula is C21H26N2O2S. The topological polar surface area (TPSA) is 49.4 Å². The van der Waals surface area contributed by atoms with Gasteiger partial charge in [-0.2, -0.15) is 0 Å². The van der Waals surface area contributed by atoms with Crippen LogP contribution in [-0.4, -0.2) is 36.9 Å². The van der Waals surface area contributed by atoms with Gasteiger partial charge in [0.05, 0.1) is 5.41 Å². The molecule has 26 heavy (non-hydrogen) atoms. The zero-order valence-corrected chi connectivity index (χ0v) is 16.3. The average Bonchev–Trinajstić information content (AvgIpc) is 3.22. The Morgan fingerprint density at radius 3 is 2.81 bits per heavy atom. The molecule has 0 spiro atoms.